The zero-order valence-electron chi connectivity index (χ0n) is 12.5. The second-order valence-electron chi connectivity index (χ2n) is 5.76. The molecule has 0 aliphatic heterocycles. The highest BCUT2D eigenvalue weighted by molar-refractivity contribution is 9.10. The van der Waals surface area contributed by atoms with E-state index in [1.165, 1.54) is 0 Å². The van der Waals surface area contributed by atoms with Crippen LogP contribution in [0.5, 0.6) is 0 Å². The molecule has 0 saturated heterocycles. The Morgan fingerprint density at radius 2 is 2.00 bits per heavy atom. The molecule has 0 spiro atoms. The van der Waals surface area contributed by atoms with E-state index in [9.17, 15) is 5.11 Å². The number of benzene rings is 1. The maximum Gasteiger partial charge on any atom is 0.0945 e. The number of rotatable bonds is 7. The van der Waals surface area contributed by atoms with Crippen molar-refractivity contribution in [3.63, 3.8) is 0 Å². The molecule has 0 heterocycles. The number of hydrogen-bond acceptors (Lipinski definition) is 3. The van der Waals surface area contributed by atoms with Crippen LogP contribution in [0.1, 0.15) is 19.8 Å². The van der Waals surface area contributed by atoms with Crippen molar-refractivity contribution in [2.75, 3.05) is 25.1 Å². The van der Waals surface area contributed by atoms with Gasteiger partial charge in [-0.3, -0.25) is 0 Å². The molecule has 3 nitrogen and oxygen atoms in total. The van der Waals surface area contributed by atoms with Crippen molar-refractivity contribution in [3.05, 3.63) is 40.9 Å². The number of nitrogens with one attached hydrogen (secondary N) is 1. The van der Waals surface area contributed by atoms with Crippen molar-refractivity contribution >= 4 is 21.6 Å². The van der Waals surface area contributed by atoms with Gasteiger partial charge in [-0.1, -0.05) is 35.0 Å². The maximum atomic E-state index is 9.95. The number of anilines is 1. The minimum atomic E-state index is -0.483. The third-order valence-electron chi connectivity index (χ3n) is 3.95. The molecule has 21 heavy (non-hydrogen) atoms. The summed E-state index contributed by atoms with van der Waals surface area (Å²) < 4.78 is 6.73. The van der Waals surface area contributed by atoms with E-state index in [-0.39, 0.29) is 0 Å². The van der Waals surface area contributed by atoms with E-state index in [0.29, 0.717) is 25.0 Å². The van der Waals surface area contributed by atoms with Crippen molar-refractivity contribution < 1.29 is 9.84 Å². The third-order valence-corrected chi connectivity index (χ3v) is 4.47. The van der Waals surface area contributed by atoms with Gasteiger partial charge < -0.3 is 15.2 Å². The highest BCUT2D eigenvalue weighted by atomic mass is 79.9. The monoisotopic (exact) mass is 353 g/mol. The van der Waals surface area contributed by atoms with Crippen molar-refractivity contribution in [2.45, 2.75) is 25.9 Å². The Morgan fingerprint density at radius 1 is 1.29 bits per heavy atom. The smallest absolute Gasteiger partial charge is 0.0945 e. The summed E-state index contributed by atoms with van der Waals surface area (Å²) in [6, 6.07) is 7.91. The SMILES string of the molecule is CC1CC=CCC1COCC(O)CNc1ccc(Br)cc1. The predicted molar refractivity (Wildman–Crippen MR) is 90.5 cm³/mol. The highest BCUT2D eigenvalue weighted by Crippen LogP contribution is 2.25. The fourth-order valence-electron chi connectivity index (χ4n) is 2.46. The molecule has 1 aromatic rings. The molecule has 0 aromatic heterocycles. The molecule has 2 rings (SSSR count). The van der Waals surface area contributed by atoms with E-state index in [1.54, 1.807) is 0 Å². The van der Waals surface area contributed by atoms with Crippen molar-refractivity contribution in [2.24, 2.45) is 11.8 Å². The Kier molecular flexibility index (Phi) is 6.74. The number of ether oxygens (including phenoxy) is 1. The Morgan fingerprint density at radius 3 is 2.71 bits per heavy atom. The first-order valence-corrected chi connectivity index (χ1v) is 8.34. The lowest BCUT2D eigenvalue weighted by Gasteiger charge is -2.25. The van der Waals surface area contributed by atoms with Gasteiger partial charge in [0.15, 0.2) is 0 Å². The van der Waals surface area contributed by atoms with Crippen LogP contribution >= 0.6 is 15.9 Å². The number of hydrogen-bond donors (Lipinski definition) is 2. The van der Waals surface area contributed by atoms with Crippen LogP contribution in [-0.2, 0) is 4.74 Å². The number of halogens is 1. The van der Waals surface area contributed by atoms with Crippen molar-refractivity contribution in [1.82, 2.24) is 0 Å². The van der Waals surface area contributed by atoms with Gasteiger partial charge in [-0.2, -0.15) is 0 Å². The van der Waals surface area contributed by atoms with E-state index >= 15 is 0 Å². The first-order valence-electron chi connectivity index (χ1n) is 7.55. The van der Waals surface area contributed by atoms with Crippen molar-refractivity contribution in [3.8, 4) is 0 Å². The quantitative estimate of drug-likeness (QED) is 0.731. The molecule has 0 fully saturated rings. The highest BCUT2D eigenvalue weighted by Gasteiger charge is 2.18. The lowest BCUT2D eigenvalue weighted by molar-refractivity contribution is 0.0175. The largest absolute Gasteiger partial charge is 0.389 e. The predicted octanol–water partition coefficient (Wildman–Crippen LogP) is 3.84. The third kappa shape index (κ3) is 5.81. The van der Waals surface area contributed by atoms with E-state index < -0.39 is 6.10 Å². The molecule has 116 valence electrons. The summed E-state index contributed by atoms with van der Waals surface area (Å²) in [5.41, 5.74) is 1.00. The van der Waals surface area contributed by atoms with E-state index in [2.05, 4.69) is 40.3 Å². The molecule has 1 aliphatic carbocycles. The molecule has 3 atom stereocenters. The van der Waals surface area contributed by atoms with Crippen LogP contribution in [0, 0.1) is 11.8 Å². The molecule has 0 bridgehead atoms. The first kappa shape index (κ1) is 16.5. The maximum absolute atomic E-state index is 9.95. The van der Waals surface area contributed by atoms with Gasteiger partial charge in [0.2, 0.25) is 0 Å². The molecule has 3 unspecified atom stereocenters. The molecule has 4 heteroatoms. The second kappa shape index (κ2) is 8.57. The van der Waals surface area contributed by atoms with Gasteiger partial charge in [-0.05, 0) is 48.9 Å². The van der Waals surface area contributed by atoms with Crippen LogP contribution in [0.15, 0.2) is 40.9 Å². The normalized spacial score (nSPS) is 23.0. The summed E-state index contributed by atoms with van der Waals surface area (Å²) in [7, 11) is 0. The summed E-state index contributed by atoms with van der Waals surface area (Å²) in [6.07, 6.45) is 6.23. The number of aliphatic hydroxyl groups excluding tert-OH is 1. The van der Waals surface area contributed by atoms with Gasteiger partial charge in [0.05, 0.1) is 19.3 Å². The van der Waals surface area contributed by atoms with Crippen molar-refractivity contribution in [1.29, 1.82) is 0 Å². The average molecular weight is 354 g/mol. The summed E-state index contributed by atoms with van der Waals surface area (Å²) in [6.45, 7) is 3.89. The molecule has 1 aromatic carbocycles. The Balaban J connectivity index is 1.62. The van der Waals surface area contributed by atoms with Gasteiger partial charge in [0, 0.05) is 16.7 Å². The second-order valence-corrected chi connectivity index (χ2v) is 6.67. The number of allylic oxidation sites excluding steroid dienone is 2. The summed E-state index contributed by atoms with van der Waals surface area (Å²) >= 11 is 3.40. The fourth-order valence-corrected chi connectivity index (χ4v) is 2.72. The molecular weight excluding hydrogens is 330 g/mol. The van der Waals surface area contributed by atoms with Gasteiger partial charge in [-0.25, -0.2) is 0 Å². The van der Waals surface area contributed by atoms with Gasteiger partial charge in [0.1, 0.15) is 0 Å². The minimum absolute atomic E-state index is 0.385. The fraction of sp³-hybridized carbons (Fsp3) is 0.529. The van der Waals surface area contributed by atoms with Gasteiger partial charge in [0.25, 0.3) is 0 Å². The zero-order valence-corrected chi connectivity index (χ0v) is 14.1. The summed E-state index contributed by atoms with van der Waals surface area (Å²) in [4.78, 5) is 0. The van der Waals surface area contributed by atoms with Crippen LogP contribution in [0.3, 0.4) is 0 Å². The first-order chi connectivity index (χ1) is 10.1. The number of aliphatic hydroxyl groups is 1. The van der Waals surface area contributed by atoms with E-state index in [1.807, 2.05) is 24.3 Å². The summed E-state index contributed by atoms with van der Waals surface area (Å²) in [5, 5.41) is 13.2. The Hall–Kier alpha value is -0.840. The molecule has 0 radical (unpaired) electrons. The Bertz CT molecular complexity index is 447. The topological polar surface area (TPSA) is 41.5 Å². The molecule has 2 N–H and O–H groups in total. The zero-order chi connectivity index (χ0) is 15.1. The minimum Gasteiger partial charge on any atom is -0.389 e. The standard InChI is InChI=1S/C17H24BrNO2/c1-13-4-2-3-5-14(13)11-21-12-17(20)10-19-16-8-6-15(18)7-9-16/h2-3,6-9,13-14,17,19-20H,4-5,10-12H2,1H3. The summed E-state index contributed by atoms with van der Waals surface area (Å²) in [5.74, 6) is 1.26. The lowest BCUT2D eigenvalue weighted by atomic mass is 9.85. The molecule has 0 saturated carbocycles. The van der Waals surface area contributed by atoms with Crippen LogP contribution in [0.4, 0.5) is 5.69 Å². The molecule has 0 amide bonds. The molecular formula is C17H24BrNO2. The van der Waals surface area contributed by atoms with Gasteiger partial charge in [-0.15, -0.1) is 0 Å². The molecule has 1 aliphatic rings. The van der Waals surface area contributed by atoms with Crippen LogP contribution in [0.2, 0.25) is 0 Å². The Labute approximate surface area is 135 Å². The van der Waals surface area contributed by atoms with E-state index in [4.69, 9.17) is 4.74 Å². The van der Waals surface area contributed by atoms with Crippen LogP contribution in [0.25, 0.3) is 0 Å². The lowest BCUT2D eigenvalue weighted by Crippen LogP contribution is -2.27. The average Bonchev–Trinajstić information content (AvgIpc) is 2.49. The van der Waals surface area contributed by atoms with Gasteiger partial charge >= 0.3 is 0 Å². The van der Waals surface area contributed by atoms with Crippen LogP contribution in [-0.4, -0.2) is 31.0 Å². The van der Waals surface area contributed by atoms with Crippen LogP contribution < -0.4 is 5.32 Å². The van der Waals surface area contributed by atoms with E-state index in [0.717, 1.165) is 29.6 Å².